The highest BCUT2D eigenvalue weighted by Gasteiger charge is 2.31. The van der Waals surface area contributed by atoms with Crippen molar-refractivity contribution in [2.24, 2.45) is 5.92 Å². The van der Waals surface area contributed by atoms with Gasteiger partial charge in [0.2, 0.25) is 17.7 Å². The summed E-state index contributed by atoms with van der Waals surface area (Å²) in [6.45, 7) is 11.1. The average molecular weight is 624 g/mol. The van der Waals surface area contributed by atoms with E-state index >= 15 is 0 Å². The molecule has 2 aromatic rings. The molecule has 0 aromatic heterocycles. The molecule has 0 saturated heterocycles. The van der Waals surface area contributed by atoms with Gasteiger partial charge in [0, 0.05) is 23.6 Å². The molecule has 11 nitrogen and oxygen atoms in total. The highest BCUT2D eigenvalue weighted by molar-refractivity contribution is 6.02. The number of rotatable bonds is 13. The summed E-state index contributed by atoms with van der Waals surface area (Å²) < 4.78 is 20.2. The number of ether oxygens (including phenoxy) is 1. The summed E-state index contributed by atoms with van der Waals surface area (Å²) in [4.78, 5) is 51.1. The predicted octanol–water partition coefficient (Wildman–Crippen LogP) is 2.66. The Balaban J connectivity index is 2.28. The van der Waals surface area contributed by atoms with Crippen LogP contribution in [0.3, 0.4) is 0 Å². The third-order valence-electron chi connectivity index (χ3n) is 6.32. The minimum Gasteiger partial charge on any atom is -0.491 e. The van der Waals surface area contributed by atoms with E-state index in [1.165, 1.54) is 25.1 Å². The van der Waals surface area contributed by atoms with Gasteiger partial charge in [0.1, 0.15) is 41.9 Å². The maximum atomic E-state index is 14.4. The number of aliphatic hydroxyl groups excluding tert-OH is 1. The van der Waals surface area contributed by atoms with Crippen molar-refractivity contribution < 1.29 is 33.4 Å². The fourth-order valence-electron chi connectivity index (χ4n) is 3.87. The number of carbonyl (C=O) groups excluding carboxylic acids is 4. The van der Waals surface area contributed by atoms with E-state index in [2.05, 4.69) is 21.3 Å². The number of benzene rings is 2. The largest absolute Gasteiger partial charge is 0.491 e. The average Bonchev–Trinajstić information content (AvgIpc) is 2.94. The quantitative estimate of drug-likeness (QED) is 0.169. The molecule has 0 aliphatic heterocycles. The number of hydrogen-bond donors (Lipinski definition) is 5. The number of hydrogen-bond acceptors (Lipinski definition) is 7. The lowest BCUT2D eigenvalue weighted by molar-refractivity contribution is -0.135. The van der Waals surface area contributed by atoms with Gasteiger partial charge < -0.3 is 31.1 Å². The van der Waals surface area contributed by atoms with Gasteiger partial charge in [-0.25, -0.2) is 4.39 Å². The molecule has 0 aliphatic carbocycles. The number of nitrogens with one attached hydrogen (secondary N) is 4. The van der Waals surface area contributed by atoms with Gasteiger partial charge in [0.15, 0.2) is 0 Å². The number of aryl methyl sites for hydroxylation is 1. The molecule has 0 unspecified atom stereocenters. The fourth-order valence-corrected chi connectivity index (χ4v) is 3.87. The van der Waals surface area contributed by atoms with Crippen LogP contribution in [-0.2, 0) is 25.7 Å². The first-order valence-electron chi connectivity index (χ1n) is 14.5. The van der Waals surface area contributed by atoms with Crippen LogP contribution in [0, 0.1) is 30.0 Å². The van der Waals surface area contributed by atoms with Gasteiger partial charge in [0.25, 0.3) is 5.91 Å². The molecule has 0 heterocycles. The molecule has 0 bridgehead atoms. The highest BCUT2D eigenvalue weighted by atomic mass is 19.1. The number of nitriles is 1. The Labute approximate surface area is 263 Å². The second-order valence-electron chi connectivity index (χ2n) is 12.0. The molecular formula is C33H42FN5O6. The molecule has 3 atom stereocenters. The molecule has 5 N–H and O–H groups in total. The van der Waals surface area contributed by atoms with Crippen LogP contribution in [0.5, 0.6) is 5.75 Å². The Morgan fingerprint density at radius 2 is 1.71 bits per heavy atom. The van der Waals surface area contributed by atoms with Crippen molar-refractivity contribution in [3.63, 3.8) is 0 Å². The molecule has 0 radical (unpaired) electrons. The zero-order valence-corrected chi connectivity index (χ0v) is 26.7. The van der Waals surface area contributed by atoms with Gasteiger partial charge >= 0.3 is 0 Å². The van der Waals surface area contributed by atoms with Crippen molar-refractivity contribution in [2.45, 2.75) is 78.7 Å². The van der Waals surface area contributed by atoms with Crippen molar-refractivity contribution in [1.82, 2.24) is 21.3 Å². The molecule has 0 aliphatic rings. The molecule has 12 heteroatoms. The zero-order chi connectivity index (χ0) is 33.9. The van der Waals surface area contributed by atoms with E-state index in [1.54, 1.807) is 71.9 Å². The molecule has 2 rings (SSSR count). The van der Waals surface area contributed by atoms with Crippen LogP contribution in [0.1, 0.15) is 58.2 Å². The van der Waals surface area contributed by atoms with E-state index < -0.39 is 59.1 Å². The van der Waals surface area contributed by atoms with Crippen LogP contribution >= 0.6 is 0 Å². The second-order valence-corrected chi connectivity index (χ2v) is 12.0. The summed E-state index contributed by atoms with van der Waals surface area (Å²) in [5, 5.41) is 30.0. The number of amides is 4. The third kappa shape index (κ3) is 12.0. The third-order valence-corrected chi connectivity index (χ3v) is 6.32. The van der Waals surface area contributed by atoms with Crippen LogP contribution in [-0.4, -0.2) is 59.1 Å². The van der Waals surface area contributed by atoms with Gasteiger partial charge in [0.05, 0.1) is 6.10 Å². The van der Waals surface area contributed by atoms with Gasteiger partial charge in [-0.1, -0.05) is 38.1 Å². The molecule has 2 aromatic carbocycles. The van der Waals surface area contributed by atoms with Crippen molar-refractivity contribution in [2.75, 3.05) is 6.61 Å². The molecule has 0 spiro atoms. The van der Waals surface area contributed by atoms with Crippen LogP contribution in [0.4, 0.5) is 4.39 Å². The first kappa shape index (κ1) is 36.4. The summed E-state index contributed by atoms with van der Waals surface area (Å²) in [5.74, 6) is -3.26. The Bertz CT molecular complexity index is 1460. The second kappa shape index (κ2) is 16.4. The summed E-state index contributed by atoms with van der Waals surface area (Å²) in [7, 11) is 0. The van der Waals surface area contributed by atoms with E-state index in [4.69, 9.17) is 4.74 Å². The molecule has 0 saturated carbocycles. The lowest BCUT2D eigenvalue weighted by Gasteiger charge is -2.25. The number of halogens is 1. The molecular weight excluding hydrogens is 581 g/mol. The Morgan fingerprint density at radius 3 is 2.29 bits per heavy atom. The van der Waals surface area contributed by atoms with E-state index in [1.807, 2.05) is 6.07 Å². The van der Waals surface area contributed by atoms with Crippen molar-refractivity contribution in [3.8, 4) is 11.8 Å². The number of nitrogens with zero attached hydrogens (tertiary/aromatic N) is 1. The Kier molecular flexibility index (Phi) is 13.2. The van der Waals surface area contributed by atoms with Gasteiger partial charge in [-0.3, -0.25) is 19.2 Å². The number of aliphatic hydroxyl groups is 1. The zero-order valence-electron chi connectivity index (χ0n) is 26.7. The van der Waals surface area contributed by atoms with Gasteiger partial charge in [-0.2, -0.15) is 5.26 Å². The van der Waals surface area contributed by atoms with E-state index in [-0.39, 0.29) is 30.0 Å². The summed E-state index contributed by atoms with van der Waals surface area (Å²) in [6.07, 6.45) is 0.105. The Morgan fingerprint density at radius 1 is 1.02 bits per heavy atom. The first-order valence-corrected chi connectivity index (χ1v) is 14.5. The molecule has 242 valence electrons. The Hall–Kier alpha value is -4.76. The lowest BCUT2D eigenvalue weighted by atomic mass is 10.1. The van der Waals surface area contributed by atoms with Crippen LogP contribution in [0.15, 0.2) is 48.0 Å². The predicted molar refractivity (Wildman–Crippen MR) is 167 cm³/mol. The van der Waals surface area contributed by atoms with Crippen molar-refractivity contribution in [1.29, 1.82) is 5.26 Å². The molecule has 0 fully saturated rings. The molecule has 4 amide bonds. The van der Waals surface area contributed by atoms with E-state index in [9.17, 15) is 33.9 Å². The van der Waals surface area contributed by atoms with E-state index in [0.29, 0.717) is 11.1 Å². The normalized spacial score (nSPS) is 13.6. The number of carbonyl (C=O) groups is 4. The standard InChI is InChI=1S/C33H42FN5O6/c1-19(2)29(41)38-28(21(4)40)32(44)37-27(31(43)36-17-23-12-11-20(3)13-26(23)34)18-45-25-10-8-9-22(15-25)14-24(16-35)30(42)39-33(5,6)7/h8-15,19,21,27-28,40H,17-18H2,1-7H3,(H,36,43)(H,37,44)(H,38,41)(H,39,42)/t21-,27+,28+/m1/s1. The van der Waals surface area contributed by atoms with Crippen molar-refractivity contribution in [3.05, 3.63) is 70.5 Å². The first-order chi connectivity index (χ1) is 21.0. The van der Waals surface area contributed by atoms with E-state index in [0.717, 1.165) is 0 Å². The van der Waals surface area contributed by atoms with Crippen LogP contribution in [0.2, 0.25) is 0 Å². The summed E-state index contributed by atoms with van der Waals surface area (Å²) in [6, 6.07) is 10.2. The minimum atomic E-state index is -1.36. The smallest absolute Gasteiger partial charge is 0.262 e. The van der Waals surface area contributed by atoms with Gasteiger partial charge in [-0.05, 0) is 70.0 Å². The van der Waals surface area contributed by atoms with Crippen LogP contribution < -0.4 is 26.0 Å². The van der Waals surface area contributed by atoms with Gasteiger partial charge in [-0.15, -0.1) is 0 Å². The summed E-state index contributed by atoms with van der Waals surface area (Å²) in [5.41, 5.74) is 0.742. The van der Waals surface area contributed by atoms with Crippen LogP contribution in [0.25, 0.3) is 6.08 Å². The van der Waals surface area contributed by atoms with Crippen molar-refractivity contribution >= 4 is 29.7 Å². The lowest BCUT2D eigenvalue weighted by Crippen LogP contribution is -2.58. The maximum absolute atomic E-state index is 14.4. The fraction of sp³-hybridized carbons (Fsp3) is 0.424. The highest BCUT2D eigenvalue weighted by Crippen LogP contribution is 2.17. The monoisotopic (exact) mass is 623 g/mol. The molecule has 45 heavy (non-hydrogen) atoms. The summed E-state index contributed by atoms with van der Waals surface area (Å²) >= 11 is 0. The minimum absolute atomic E-state index is 0.123. The topological polar surface area (TPSA) is 170 Å². The maximum Gasteiger partial charge on any atom is 0.262 e. The SMILES string of the molecule is Cc1ccc(CNC(=O)[C@H](COc2cccc(C=C(C#N)C(=O)NC(C)(C)C)c2)NC(=O)[C@@H](NC(=O)C(C)C)[C@@H](C)O)c(F)c1.